The van der Waals surface area contributed by atoms with E-state index < -0.39 is 9.84 Å². The van der Waals surface area contributed by atoms with E-state index in [0.29, 0.717) is 28.2 Å². The lowest BCUT2D eigenvalue weighted by atomic mass is 9.98. The average Bonchev–Trinajstić information content (AvgIpc) is 3.39. The van der Waals surface area contributed by atoms with Crippen LogP contribution in [0.4, 0.5) is 0 Å². The summed E-state index contributed by atoms with van der Waals surface area (Å²) < 4.78 is 32.3. The highest BCUT2D eigenvalue weighted by Gasteiger charge is 2.22. The normalized spacial score (nSPS) is 11.7. The molecule has 5 rings (SSSR count). The number of halogens is 1. The lowest BCUT2D eigenvalue weighted by molar-refractivity contribution is 0.533. The summed E-state index contributed by atoms with van der Waals surface area (Å²) in [6.45, 7) is 5.66. The van der Waals surface area contributed by atoms with Crippen molar-refractivity contribution < 1.29 is 12.8 Å². The average molecular weight is 519 g/mol. The van der Waals surface area contributed by atoms with E-state index in [1.54, 1.807) is 31.2 Å². The van der Waals surface area contributed by atoms with Crippen LogP contribution < -0.4 is 0 Å². The number of aryl methyl sites for hydroxylation is 3. The minimum absolute atomic E-state index is 0.257. The number of oxazole rings is 1. The zero-order valence-electron chi connectivity index (χ0n) is 20.2. The SMILES string of the molecule is Cc1cn(-c2ccc(-c3cccc(S(C)(=O)=O)c3)cc2-c2nc(C)oc2-c2cccc(Cl)n2)c(C)n1. The van der Waals surface area contributed by atoms with Crippen LogP contribution in [-0.2, 0) is 9.84 Å². The Bertz CT molecular complexity index is 1720. The van der Waals surface area contributed by atoms with Gasteiger partial charge in [0.15, 0.2) is 21.5 Å². The molecule has 0 atom stereocenters. The molecule has 0 unspecified atom stereocenters. The molecule has 7 nitrogen and oxygen atoms in total. The van der Waals surface area contributed by atoms with E-state index in [4.69, 9.17) is 21.0 Å². The molecule has 0 N–H and O–H groups in total. The van der Waals surface area contributed by atoms with Gasteiger partial charge in [0.25, 0.3) is 0 Å². The van der Waals surface area contributed by atoms with Crippen molar-refractivity contribution in [2.45, 2.75) is 25.7 Å². The first-order valence-electron chi connectivity index (χ1n) is 11.2. The first-order chi connectivity index (χ1) is 17.1. The van der Waals surface area contributed by atoms with Crippen LogP contribution in [0.15, 0.2) is 76.2 Å². The Morgan fingerprint density at radius 3 is 2.33 bits per heavy atom. The highest BCUT2D eigenvalue weighted by Crippen LogP contribution is 2.38. The van der Waals surface area contributed by atoms with Gasteiger partial charge in [0, 0.05) is 24.9 Å². The van der Waals surface area contributed by atoms with E-state index in [9.17, 15) is 8.42 Å². The summed E-state index contributed by atoms with van der Waals surface area (Å²) in [6, 6.07) is 18.1. The predicted molar refractivity (Wildman–Crippen MR) is 140 cm³/mol. The molecule has 36 heavy (non-hydrogen) atoms. The first-order valence-corrected chi connectivity index (χ1v) is 13.5. The monoisotopic (exact) mass is 518 g/mol. The maximum atomic E-state index is 12.2. The molecule has 2 aromatic carbocycles. The summed E-state index contributed by atoms with van der Waals surface area (Å²) >= 11 is 6.17. The number of pyridine rings is 1. The van der Waals surface area contributed by atoms with Gasteiger partial charge >= 0.3 is 0 Å². The van der Waals surface area contributed by atoms with Crippen molar-refractivity contribution in [2.75, 3.05) is 6.26 Å². The van der Waals surface area contributed by atoms with Gasteiger partial charge in [-0.05, 0) is 61.4 Å². The van der Waals surface area contributed by atoms with E-state index in [1.807, 2.05) is 61.0 Å². The lowest BCUT2D eigenvalue weighted by Gasteiger charge is -2.14. The standard InChI is InChI=1S/C27H23ClN4O3S/c1-16-15-32(17(2)29-16)24-12-11-20(19-7-5-8-21(13-19)36(4,33)34)14-22(24)26-27(35-18(3)30-26)23-9-6-10-25(28)31-23/h5-15H,1-4H3. The molecule has 3 heterocycles. The molecule has 5 aromatic rings. The van der Waals surface area contributed by atoms with Crippen LogP contribution >= 0.6 is 11.6 Å². The maximum Gasteiger partial charge on any atom is 0.192 e. The van der Waals surface area contributed by atoms with Crippen molar-refractivity contribution in [1.82, 2.24) is 19.5 Å². The molecule has 182 valence electrons. The Labute approximate surface area is 214 Å². The fourth-order valence-corrected chi connectivity index (χ4v) is 5.03. The second-order valence-corrected chi connectivity index (χ2v) is 11.0. The van der Waals surface area contributed by atoms with Crippen LogP contribution in [0.2, 0.25) is 5.15 Å². The van der Waals surface area contributed by atoms with Crippen LogP contribution in [0.25, 0.3) is 39.5 Å². The first kappa shape index (κ1) is 24.0. The smallest absolute Gasteiger partial charge is 0.192 e. The number of hydrogen-bond acceptors (Lipinski definition) is 6. The molecule has 0 aliphatic heterocycles. The fraction of sp³-hybridized carbons (Fsp3) is 0.148. The molecule has 0 aliphatic carbocycles. The Balaban J connectivity index is 1.78. The van der Waals surface area contributed by atoms with Gasteiger partial charge in [0.1, 0.15) is 22.4 Å². The summed E-state index contributed by atoms with van der Waals surface area (Å²) in [5, 5.41) is 0.347. The molecule has 3 aromatic heterocycles. The summed E-state index contributed by atoms with van der Waals surface area (Å²) in [6.07, 6.45) is 3.16. The maximum absolute atomic E-state index is 12.2. The van der Waals surface area contributed by atoms with Crippen LogP contribution in [0, 0.1) is 20.8 Å². The second-order valence-electron chi connectivity index (χ2n) is 8.59. The van der Waals surface area contributed by atoms with Crippen molar-refractivity contribution >= 4 is 21.4 Å². The van der Waals surface area contributed by atoms with Crippen molar-refractivity contribution in [3.8, 4) is 39.5 Å². The Morgan fingerprint density at radius 2 is 1.64 bits per heavy atom. The van der Waals surface area contributed by atoms with E-state index in [2.05, 4.69) is 9.97 Å². The molecule has 0 amide bonds. The number of aromatic nitrogens is 4. The Morgan fingerprint density at radius 1 is 0.889 bits per heavy atom. The number of sulfone groups is 1. The summed E-state index contributed by atoms with van der Waals surface area (Å²) in [7, 11) is -3.35. The largest absolute Gasteiger partial charge is 0.439 e. The Hall–Kier alpha value is -3.75. The van der Waals surface area contributed by atoms with Gasteiger partial charge < -0.3 is 8.98 Å². The van der Waals surface area contributed by atoms with Crippen LogP contribution in [0.3, 0.4) is 0 Å². The summed E-state index contributed by atoms with van der Waals surface area (Å²) in [5.41, 5.74) is 5.29. The summed E-state index contributed by atoms with van der Waals surface area (Å²) in [5.74, 6) is 1.80. The molecule has 0 saturated heterocycles. The number of benzene rings is 2. The van der Waals surface area contributed by atoms with Crippen molar-refractivity contribution in [3.63, 3.8) is 0 Å². The molecule has 0 fully saturated rings. The van der Waals surface area contributed by atoms with Gasteiger partial charge in [-0.2, -0.15) is 0 Å². The third-order valence-corrected chi connectivity index (χ3v) is 7.11. The van der Waals surface area contributed by atoms with Crippen molar-refractivity contribution in [3.05, 3.63) is 89.4 Å². The topological polar surface area (TPSA) is 90.9 Å². The highest BCUT2D eigenvalue weighted by molar-refractivity contribution is 7.90. The zero-order valence-corrected chi connectivity index (χ0v) is 21.7. The molecule has 0 bridgehead atoms. The van der Waals surface area contributed by atoms with Crippen LogP contribution in [0.1, 0.15) is 17.4 Å². The number of rotatable bonds is 5. The highest BCUT2D eigenvalue weighted by atomic mass is 35.5. The van der Waals surface area contributed by atoms with E-state index in [-0.39, 0.29) is 4.90 Å². The van der Waals surface area contributed by atoms with E-state index >= 15 is 0 Å². The van der Waals surface area contributed by atoms with Gasteiger partial charge in [-0.25, -0.2) is 23.4 Å². The number of imidazole rings is 1. The minimum Gasteiger partial charge on any atom is -0.439 e. The van der Waals surface area contributed by atoms with Gasteiger partial charge in [0.05, 0.1) is 16.3 Å². The predicted octanol–water partition coefficient (Wildman–Crippen LogP) is 6.24. The third kappa shape index (κ3) is 4.57. The van der Waals surface area contributed by atoms with Crippen molar-refractivity contribution in [2.24, 2.45) is 0 Å². The molecule has 9 heteroatoms. The minimum atomic E-state index is -3.35. The van der Waals surface area contributed by atoms with Crippen molar-refractivity contribution in [1.29, 1.82) is 0 Å². The van der Waals surface area contributed by atoms with Gasteiger partial charge in [-0.15, -0.1) is 0 Å². The number of nitrogens with zero attached hydrogens (tertiary/aromatic N) is 4. The molecular formula is C27H23ClN4O3S. The van der Waals surface area contributed by atoms with Crippen LogP contribution in [-0.4, -0.2) is 34.2 Å². The molecule has 0 aliphatic rings. The molecule has 0 spiro atoms. The van der Waals surface area contributed by atoms with Gasteiger partial charge in [0.2, 0.25) is 0 Å². The Kier molecular flexibility index (Phi) is 6.02. The molecule has 0 radical (unpaired) electrons. The second kappa shape index (κ2) is 9.04. The van der Waals surface area contributed by atoms with E-state index in [0.717, 1.165) is 33.9 Å². The fourth-order valence-electron chi connectivity index (χ4n) is 4.20. The quantitative estimate of drug-likeness (QED) is 0.256. The van der Waals surface area contributed by atoms with Gasteiger partial charge in [-0.3, -0.25) is 0 Å². The van der Waals surface area contributed by atoms with Gasteiger partial charge in [-0.1, -0.05) is 35.9 Å². The van der Waals surface area contributed by atoms with Crippen LogP contribution in [0.5, 0.6) is 0 Å². The number of hydrogen-bond donors (Lipinski definition) is 0. The molecule has 0 saturated carbocycles. The third-order valence-electron chi connectivity index (χ3n) is 5.79. The zero-order chi connectivity index (χ0) is 25.6. The lowest BCUT2D eigenvalue weighted by Crippen LogP contribution is -2.00. The van der Waals surface area contributed by atoms with E-state index in [1.165, 1.54) is 6.26 Å². The molecular weight excluding hydrogens is 496 g/mol. The summed E-state index contributed by atoms with van der Waals surface area (Å²) in [4.78, 5) is 14.0.